The smallest absolute Gasteiger partial charge is 0.361 e. The van der Waals surface area contributed by atoms with Crippen molar-refractivity contribution >= 4 is 17.9 Å². The number of likely N-dealkylation sites (N-methyl/N-ethyl adjacent to an activating group) is 1. The van der Waals surface area contributed by atoms with E-state index in [0.29, 0.717) is 17.4 Å². The van der Waals surface area contributed by atoms with Gasteiger partial charge in [0.1, 0.15) is 13.2 Å². The third-order valence-electron chi connectivity index (χ3n) is 12.5. The number of carbonyl (C=O) groups is 3. The first-order valence-corrected chi connectivity index (χ1v) is 28.0. The first-order valence-electron chi connectivity index (χ1n) is 28.0. The van der Waals surface area contributed by atoms with Gasteiger partial charge in [-0.3, -0.25) is 9.59 Å². The zero-order valence-corrected chi connectivity index (χ0v) is 44.1. The van der Waals surface area contributed by atoms with Gasteiger partial charge in [0.05, 0.1) is 34.4 Å². The lowest BCUT2D eigenvalue weighted by atomic mass is 10.0. The molecule has 0 spiro atoms. The minimum absolute atomic E-state index is 0.176. The fourth-order valence-corrected chi connectivity index (χ4v) is 8.10. The summed E-state index contributed by atoms with van der Waals surface area (Å²) in [5.74, 6) is -1.99. The lowest BCUT2D eigenvalue weighted by Crippen LogP contribution is -2.40. The maximum Gasteiger partial charge on any atom is 0.361 e. The quantitative estimate of drug-likeness (QED) is 0.0211. The Bertz CT molecular complexity index is 1130. The van der Waals surface area contributed by atoms with Crippen LogP contribution in [-0.2, 0) is 33.3 Å². The summed E-state index contributed by atoms with van der Waals surface area (Å²) in [7, 11) is 5.97. The number of aliphatic carboxylic acids is 1. The molecule has 1 N–H and O–H groups in total. The number of allylic oxidation sites excluding steroid dienone is 4. The third-order valence-corrected chi connectivity index (χ3v) is 12.5. The van der Waals surface area contributed by atoms with Gasteiger partial charge in [0.15, 0.2) is 6.10 Å². The number of unbranched alkanes of at least 4 members (excludes halogenated alkanes) is 33. The van der Waals surface area contributed by atoms with Crippen LogP contribution in [0.1, 0.15) is 264 Å². The van der Waals surface area contributed by atoms with E-state index in [9.17, 15) is 19.5 Å². The summed E-state index contributed by atoms with van der Waals surface area (Å²) in [4.78, 5) is 37.3. The van der Waals surface area contributed by atoms with Gasteiger partial charge in [-0.2, -0.15) is 0 Å². The van der Waals surface area contributed by atoms with Crippen molar-refractivity contribution in [1.29, 1.82) is 0 Å². The number of esters is 2. The fourth-order valence-electron chi connectivity index (χ4n) is 8.10. The standard InChI is InChI=1S/C57H107NO8/c1-6-8-10-12-14-16-18-20-21-22-23-24-25-26-27-28-29-30-31-32-33-34-35-36-38-40-42-44-46-48-55(60)66-53(52-65-57(56(61)62)63-50-49-58(3,4)5)51-64-54(59)47-45-43-41-39-37-19-17-15-13-11-9-7-2/h18,20,22-23,53,57H,6-17,19,21,24-52H2,1-5H3/p+1/b20-18-,23-22-. The Morgan fingerprint density at radius 3 is 1.20 bits per heavy atom. The number of hydrogen-bond donors (Lipinski definition) is 1. The molecule has 388 valence electrons. The van der Waals surface area contributed by atoms with Crippen LogP contribution in [0.2, 0.25) is 0 Å². The number of rotatable bonds is 52. The van der Waals surface area contributed by atoms with Crippen LogP contribution in [0.25, 0.3) is 0 Å². The van der Waals surface area contributed by atoms with Crippen LogP contribution in [0.15, 0.2) is 24.3 Å². The number of quaternary nitrogens is 1. The Morgan fingerprint density at radius 1 is 0.455 bits per heavy atom. The molecule has 0 aromatic carbocycles. The van der Waals surface area contributed by atoms with Crippen LogP contribution in [-0.4, -0.2) is 87.4 Å². The molecule has 0 aliphatic rings. The zero-order valence-electron chi connectivity index (χ0n) is 44.1. The van der Waals surface area contributed by atoms with E-state index in [1.54, 1.807) is 0 Å². The summed E-state index contributed by atoms with van der Waals surface area (Å²) in [6, 6.07) is 0. The van der Waals surface area contributed by atoms with Crippen molar-refractivity contribution in [2.24, 2.45) is 0 Å². The Balaban J connectivity index is 4.11. The lowest BCUT2D eigenvalue weighted by molar-refractivity contribution is -0.870. The summed E-state index contributed by atoms with van der Waals surface area (Å²) in [5, 5.41) is 9.67. The van der Waals surface area contributed by atoms with Gasteiger partial charge in [0.2, 0.25) is 0 Å². The van der Waals surface area contributed by atoms with Gasteiger partial charge in [-0.1, -0.05) is 231 Å². The van der Waals surface area contributed by atoms with Crippen LogP contribution >= 0.6 is 0 Å². The largest absolute Gasteiger partial charge is 0.477 e. The second-order valence-electron chi connectivity index (χ2n) is 20.3. The Kier molecular flexibility index (Phi) is 47.5. The van der Waals surface area contributed by atoms with Gasteiger partial charge in [-0.05, 0) is 44.9 Å². The van der Waals surface area contributed by atoms with Crippen LogP contribution in [0.3, 0.4) is 0 Å². The number of nitrogens with zero attached hydrogens (tertiary/aromatic N) is 1. The number of ether oxygens (including phenoxy) is 4. The highest BCUT2D eigenvalue weighted by molar-refractivity contribution is 5.71. The highest BCUT2D eigenvalue weighted by Gasteiger charge is 2.25. The summed E-state index contributed by atoms with van der Waals surface area (Å²) in [5.41, 5.74) is 0. The van der Waals surface area contributed by atoms with Gasteiger partial charge in [-0.25, -0.2) is 4.79 Å². The number of carboxylic acid groups (broad SMARTS) is 1. The summed E-state index contributed by atoms with van der Waals surface area (Å²) in [6.07, 6.45) is 54.0. The molecule has 9 nitrogen and oxygen atoms in total. The predicted molar refractivity (Wildman–Crippen MR) is 277 cm³/mol. The predicted octanol–water partition coefficient (Wildman–Crippen LogP) is 16.0. The maximum absolute atomic E-state index is 12.8. The van der Waals surface area contributed by atoms with Crippen molar-refractivity contribution in [3.8, 4) is 0 Å². The van der Waals surface area contributed by atoms with Crippen molar-refractivity contribution in [2.75, 3.05) is 47.5 Å². The van der Waals surface area contributed by atoms with E-state index in [-0.39, 0.29) is 38.2 Å². The molecule has 0 rings (SSSR count). The fraction of sp³-hybridized carbons (Fsp3) is 0.877. The molecule has 0 amide bonds. The Labute approximate surface area is 407 Å². The van der Waals surface area contributed by atoms with E-state index in [1.165, 1.54) is 193 Å². The Hall–Kier alpha value is -2.23. The van der Waals surface area contributed by atoms with Crippen molar-refractivity contribution in [3.63, 3.8) is 0 Å². The molecule has 0 bridgehead atoms. The minimum Gasteiger partial charge on any atom is -0.477 e. The maximum atomic E-state index is 12.8. The van der Waals surface area contributed by atoms with Crippen LogP contribution in [0, 0.1) is 0 Å². The van der Waals surface area contributed by atoms with E-state index in [2.05, 4.69) is 38.2 Å². The molecule has 0 aromatic rings. The highest BCUT2D eigenvalue weighted by Crippen LogP contribution is 2.17. The van der Waals surface area contributed by atoms with Crippen molar-refractivity contribution < 1.29 is 42.9 Å². The van der Waals surface area contributed by atoms with E-state index in [4.69, 9.17) is 18.9 Å². The summed E-state index contributed by atoms with van der Waals surface area (Å²) >= 11 is 0. The molecule has 0 fully saturated rings. The molecule has 9 heteroatoms. The zero-order chi connectivity index (χ0) is 48.4. The molecule has 0 radical (unpaired) electrons. The molecule has 0 saturated heterocycles. The van der Waals surface area contributed by atoms with Gasteiger partial charge in [0.25, 0.3) is 6.29 Å². The molecule has 0 aliphatic heterocycles. The topological polar surface area (TPSA) is 108 Å². The minimum atomic E-state index is -1.50. The molecule has 0 heterocycles. The lowest BCUT2D eigenvalue weighted by Gasteiger charge is -2.25. The molecular formula is C57H108NO8+. The average Bonchev–Trinajstić information content (AvgIpc) is 3.28. The summed E-state index contributed by atoms with van der Waals surface area (Å²) in [6.45, 7) is 4.89. The molecule has 2 unspecified atom stereocenters. The van der Waals surface area contributed by atoms with E-state index >= 15 is 0 Å². The second kappa shape index (κ2) is 49.2. The molecule has 0 aliphatic carbocycles. The van der Waals surface area contributed by atoms with Gasteiger partial charge < -0.3 is 28.5 Å². The van der Waals surface area contributed by atoms with Crippen molar-refractivity contribution in [1.82, 2.24) is 0 Å². The monoisotopic (exact) mass is 935 g/mol. The summed E-state index contributed by atoms with van der Waals surface area (Å²) < 4.78 is 22.8. The van der Waals surface area contributed by atoms with Crippen LogP contribution < -0.4 is 0 Å². The second-order valence-corrected chi connectivity index (χ2v) is 20.3. The Morgan fingerprint density at radius 2 is 0.818 bits per heavy atom. The van der Waals surface area contributed by atoms with Gasteiger partial charge in [0, 0.05) is 12.8 Å². The number of carbonyl (C=O) groups excluding carboxylic acids is 2. The van der Waals surface area contributed by atoms with Gasteiger partial charge >= 0.3 is 17.9 Å². The van der Waals surface area contributed by atoms with E-state index in [1.807, 2.05) is 21.1 Å². The van der Waals surface area contributed by atoms with Crippen molar-refractivity contribution in [2.45, 2.75) is 277 Å². The SMILES string of the molecule is CCCCCCC/C=C\C/C=C\CCCCCCCCCCCCCCCCCCCC(=O)OC(COC(=O)CCCCCCCCCCCCCC)COC(OCC[N+](C)(C)C)C(=O)O. The molecule has 66 heavy (non-hydrogen) atoms. The number of hydrogen-bond acceptors (Lipinski definition) is 7. The molecule has 0 saturated carbocycles. The van der Waals surface area contributed by atoms with E-state index < -0.39 is 18.4 Å². The number of carboxylic acids is 1. The first kappa shape index (κ1) is 63.8. The average molecular weight is 935 g/mol. The molecule has 2 atom stereocenters. The molecular weight excluding hydrogens is 827 g/mol. The van der Waals surface area contributed by atoms with Crippen LogP contribution in [0.5, 0.6) is 0 Å². The first-order chi connectivity index (χ1) is 32.1. The van der Waals surface area contributed by atoms with Gasteiger partial charge in [-0.15, -0.1) is 0 Å². The van der Waals surface area contributed by atoms with Crippen molar-refractivity contribution in [3.05, 3.63) is 24.3 Å². The highest BCUT2D eigenvalue weighted by atomic mass is 16.7. The molecule has 0 aromatic heterocycles. The third kappa shape index (κ3) is 49.7. The normalized spacial score (nSPS) is 12.9. The van der Waals surface area contributed by atoms with E-state index in [0.717, 1.165) is 44.9 Å². The van der Waals surface area contributed by atoms with Crippen LogP contribution in [0.4, 0.5) is 0 Å².